The molecule has 3 aliphatic rings. The molecule has 214 valence electrons. The van der Waals surface area contributed by atoms with Crippen LogP contribution in [0.3, 0.4) is 0 Å². The van der Waals surface area contributed by atoms with Gasteiger partial charge in [0, 0.05) is 25.3 Å². The van der Waals surface area contributed by atoms with Crippen molar-refractivity contribution < 1.29 is 55.7 Å². The summed E-state index contributed by atoms with van der Waals surface area (Å²) in [6, 6.07) is 6.00. The van der Waals surface area contributed by atoms with Crippen LogP contribution in [0, 0.1) is 18.8 Å². The van der Waals surface area contributed by atoms with E-state index in [1.165, 1.54) is 19.4 Å². The molecule has 0 spiro atoms. The van der Waals surface area contributed by atoms with Gasteiger partial charge in [-0.1, -0.05) is 6.07 Å². The summed E-state index contributed by atoms with van der Waals surface area (Å²) in [5.74, 6) is -4.34. The van der Waals surface area contributed by atoms with E-state index in [4.69, 9.17) is 24.5 Å². The average Bonchev–Trinajstić information content (AvgIpc) is 3.63. The zero-order chi connectivity index (χ0) is 28.7. The van der Waals surface area contributed by atoms with Gasteiger partial charge in [0.1, 0.15) is 0 Å². The smallest absolute Gasteiger partial charge is 0.475 e. The number of aryl methyl sites for hydroxylation is 1. The Kier molecular flexibility index (Phi) is 10.9. The quantitative estimate of drug-likeness (QED) is 0.542. The summed E-state index contributed by atoms with van der Waals surface area (Å²) in [6.07, 6.45) is -6.42. The van der Waals surface area contributed by atoms with Crippen molar-refractivity contribution in [3.05, 3.63) is 29.6 Å². The first-order chi connectivity index (χ1) is 17.6. The molecule has 0 radical (unpaired) electrons. The molecule has 1 saturated carbocycles. The van der Waals surface area contributed by atoms with Crippen molar-refractivity contribution in [2.45, 2.75) is 51.2 Å². The van der Waals surface area contributed by atoms with Crippen LogP contribution in [0.15, 0.2) is 18.2 Å². The van der Waals surface area contributed by atoms with Crippen molar-refractivity contribution in [2.24, 2.45) is 11.8 Å². The maximum atomic E-state index is 13.0. The summed E-state index contributed by atoms with van der Waals surface area (Å²) < 4.78 is 69.5. The number of carboxylic acid groups (broad SMARTS) is 2. The maximum absolute atomic E-state index is 13.0. The van der Waals surface area contributed by atoms with Crippen LogP contribution in [-0.2, 0) is 25.7 Å². The number of fused-ring (bicyclic) bond motifs is 1. The lowest BCUT2D eigenvalue weighted by Crippen LogP contribution is -2.49. The first-order valence-corrected chi connectivity index (χ1v) is 11.7. The van der Waals surface area contributed by atoms with Crippen LogP contribution in [0.5, 0.6) is 0 Å². The zero-order valence-electron chi connectivity index (χ0n) is 20.5. The Bertz CT molecular complexity index is 946. The number of ether oxygens (including phenoxy) is 1. The number of halogens is 6. The van der Waals surface area contributed by atoms with Crippen molar-refractivity contribution in [3.63, 3.8) is 0 Å². The highest BCUT2D eigenvalue weighted by Crippen LogP contribution is 2.32. The zero-order valence-corrected chi connectivity index (χ0v) is 20.5. The summed E-state index contributed by atoms with van der Waals surface area (Å²) >= 11 is 0. The molecule has 1 aromatic rings. The van der Waals surface area contributed by atoms with Crippen LogP contribution in [-0.4, -0.2) is 94.1 Å². The lowest BCUT2D eigenvalue weighted by atomic mass is 9.92. The molecule has 0 bridgehead atoms. The maximum Gasteiger partial charge on any atom is 0.490 e. The molecule has 1 aliphatic carbocycles. The second kappa shape index (κ2) is 13.2. The minimum Gasteiger partial charge on any atom is -0.475 e. The first-order valence-electron chi connectivity index (χ1n) is 11.7. The van der Waals surface area contributed by atoms with Gasteiger partial charge in [-0.3, -0.25) is 9.78 Å². The summed E-state index contributed by atoms with van der Waals surface area (Å²) in [5.41, 5.74) is 1.96. The van der Waals surface area contributed by atoms with Crippen molar-refractivity contribution >= 4 is 17.8 Å². The number of aromatic nitrogens is 1. The number of amides is 1. The van der Waals surface area contributed by atoms with E-state index in [2.05, 4.69) is 9.88 Å². The lowest BCUT2D eigenvalue weighted by Gasteiger charge is -2.37. The summed E-state index contributed by atoms with van der Waals surface area (Å²) in [7, 11) is 0. The fourth-order valence-corrected chi connectivity index (χ4v) is 3.96. The van der Waals surface area contributed by atoms with Gasteiger partial charge in [0.2, 0.25) is 5.91 Å². The summed E-state index contributed by atoms with van der Waals surface area (Å²) in [6.45, 7) is 7.03. The van der Waals surface area contributed by atoms with Gasteiger partial charge in [-0.2, -0.15) is 26.3 Å². The van der Waals surface area contributed by atoms with Crippen LogP contribution < -0.4 is 0 Å². The Morgan fingerprint density at radius 1 is 1.03 bits per heavy atom. The summed E-state index contributed by atoms with van der Waals surface area (Å²) in [4.78, 5) is 39.8. The predicted molar refractivity (Wildman–Crippen MR) is 119 cm³/mol. The van der Waals surface area contributed by atoms with Crippen molar-refractivity contribution in [3.8, 4) is 0 Å². The highest BCUT2D eigenvalue weighted by molar-refractivity contribution is 5.80. The van der Waals surface area contributed by atoms with E-state index >= 15 is 0 Å². The van der Waals surface area contributed by atoms with E-state index in [0.29, 0.717) is 19.7 Å². The fourth-order valence-electron chi connectivity index (χ4n) is 3.96. The van der Waals surface area contributed by atoms with Gasteiger partial charge in [-0.25, -0.2) is 9.59 Å². The lowest BCUT2D eigenvalue weighted by molar-refractivity contribution is -0.193. The van der Waals surface area contributed by atoms with Gasteiger partial charge in [0.25, 0.3) is 0 Å². The number of alkyl halides is 6. The number of nitrogens with zero attached hydrogens (tertiary/aromatic N) is 3. The van der Waals surface area contributed by atoms with Gasteiger partial charge in [-0.15, -0.1) is 0 Å². The molecule has 1 amide bonds. The second-order valence-electron chi connectivity index (χ2n) is 9.14. The number of carbonyl (C=O) groups is 3. The molecule has 3 heterocycles. The third-order valence-electron chi connectivity index (χ3n) is 5.96. The number of carboxylic acids is 2. The van der Waals surface area contributed by atoms with E-state index in [9.17, 15) is 31.1 Å². The number of likely N-dealkylation sites (tertiary alicyclic amines) is 1. The van der Waals surface area contributed by atoms with Gasteiger partial charge in [-0.05, 0) is 50.8 Å². The fraction of sp³-hybridized carbons (Fsp3) is 0.652. The van der Waals surface area contributed by atoms with Crippen LogP contribution in [0.25, 0.3) is 0 Å². The Morgan fingerprint density at radius 3 is 2.11 bits per heavy atom. The number of piperidine rings is 1. The third-order valence-corrected chi connectivity index (χ3v) is 5.96. The average molecular weight is 557 g/mol. The van der Waals surface area contributed by atoms with E-state index in [-0.39, 0.29) is 17.9 Å². The number of carbonyl (C=O) groups excluding carboxylic acids is 1. The van der Waals surface area contributed by atoms with E-state index in [1.807, 2.05) is 30.0 Å². The second-order valence-corrected chi connectivity index (χ2v) is 9.14. The Labute approximate surface area is 214 Å². The SMILES string of the molecule is Cc1cccc(CN2CCO[C@H]3CN(CC4CC4)CC[C@H]3C2=O)n1.O=C(O)C(F)(F)F.O=C(O)C(F)(F)F. The normalized spacial score (nSPS) is 22.2. The number of aliphatic carboxylic acids is 2. The van der Waals surface area contributed by atoms with Crippen LogP contribution in [0.2, 0.25) is 0 Å². The Morgan fingerprint density at radius 2 is 1.61 bits per heavy atom. The van der Waals surface area contributed by atoms with Crippen molar-refractivity contribution in [1.82, 2.24) is 14.8 Å². The molecular formula is C23H29F6N3O6. The van der Waals surface area contributed by atoms with E-state index < -0.39 is 24.3 Å². The van der Waals surface area contributed by atoms with Crippen LogP contribution >= 0.6 is 0 Å². The van der Waals surface area contributed by atoms with Gasteiger partial charge >= 0.3 is 24.3 Å². The van der Waals surface area contributed by atoms with Crippen LogP contribution in [0.1, 0.15) is 30.7 Å². The molecule has 38 heavy (non-hydrogen) atoms. The van der Waals surface area contributed by atoms with Crippen molar-refractivity contribution in [2.75, 3.05) is 32.8 Å². The molecule has 0 unspecified atom stereocenters. The monoisotopic (exact) mass is 557 g/mol. The summed E-state index contributed by atoms with van der Waals surface area (Å²) in [5, 5.41) is 14.2. The number of hydrogen-bond acceptors (Lipinski definition) is 6. The predicted octanol–water partition coefficient (Wildman–Crippen LogP) is 3.12. The molecule has 2 aliphatic heterocycles. The Balaban J connectivity index is 0.000000301. The standard InChI is InChI=1S/C19H27N3O2.2C2HF3O2/c1-14-3-2-4-16(20-14)12-22-9-10-24-18-13-21(11-15-5-6-15)8-7-17(18)19(22)23;2*3-2(4,5)1(6)7/h2-4,15,17-18H,5-13H2,1H3;2*(H,6,7)/t17-,18+;;/m1../s1. The molecule has 2 saturated heterocycles. The van der Waals surface area contributed by atoms with E-state index in [0.717, 1.165) is 36.8 Å². The number of hydrogen-bond donors (Lipinski definition) is 2. The highest BCUT2D eigenvalue weighted by atomic mass is 19.4. The molecule has 0 aromatic carbocycles. The van der Waals surface area contributed by atoms with Gasteiger partial charge in [0.15, 0.2) is 0 Å². The molecule has 9 nitrogen and oxygen atoms in total. The molecule has 2 N–H and O–H groups in total. The Hall–Kier alpha value is -2.94. The molecular weight excluding hydrogens is 528 g/mol. The minimum absolute atomic E-state index is 0.0211. The highest BCUT2D eigenvalue weighted by Gasteiger charge is 2.41. The molecule has 15 heteroatoms. The largest absolute Gasteiger partial charge is 0.490 e. The molecule has 2 atom stereocenters. The molecule has 4 rings (SSSR count). The molecule has 3 fully saturated rings. The number of rotatable bonds is 4. The topological polar surface area (TPSA) is 120 Å². The first kappa shape index (κ1) is 31.3. The van der Waals surface area contributed by atoms with Gasteiger partial charge in [0.05, 0.1) is 30.9 Å². The molecule has 1 aromatic heterocycles. The van der Waals surface area contributed by atoms with Gasteiger partial charge < -0.3 is 24.7 Å². The van der Waals surface area contributed by atoms with E-state index in [1.54, 1.807) is 0 Å². The van der Waals surface area contributed by atoms with Crippen LogP contribution in [0.4, 0.5) is 26.3 Å². The third kappa shape index (κ3) is 10.4. The number of pyridine rings is 1. The van der Waals surface area contributed by atoms with Crippen molar-refractivity contribution in [1.29, 1.82) is 0 Å². The minimum atomic E-state index is -5.08.